The molecule has 0 saturated carbocycles. The van der Waals surface area contributed by atoms with Gasteiger partial charge in [0.2, 0.25) is 0 Å². The van der Waals surface area contributed by atoms with E-state index in [1.807, 2.05) is 51.5 Å². The third-order valence-electron chi connectivity index (χ3n) is 2.15. The number of hydrogen-bond donors (Lipinski definition) is 1. The number of quaternary nitrogens is 1. The number of benzene rings is 1. The highest BCUT2D eigenvalue weighted by atomic mass is 32.9. The molecule has 0 aromatic heterocycles. The summed E-state index contributed by atoms with van der Waals surface area (Å²) in [7, 11) is 6.14. The van der Waals surface area contributed by atoms with Gasteiger partial charge in [-0.05, 0) is 5.56 Å². The normalized spacial score (nSPS) is 17.5. The predicted molar refractivity (Wildman–Crippen MR) is 76.4 cm³/mol. The van der Waals surface area contributed by atoms with Gasteiger partial charge in [-0.1, -0.05) is 42.1 Å². The topological polar surface area (TPSA) is 32.3 Å². The van der Waals surface area contributed by atoms with Crippen LogP contribution >= 0.6 is 17.9 Å². The Morgan fingerprint density at radius 3 is 2.29 bits per heavy atom. The molecule has 0 aliphatic rings. The molecule has 0 heterocycles. The van der Waals surface area contributed by atoms with E-state index in [0.717, 1.165) is 5.56 Å². The lowest BCUT2D eigenvalue weighted by Gasteiger charge is -2.33. The molecule has 1 aromatic carbocycles. The number of thiol groups is 1. The zero-order chi connectivity index (χ0) is 13.1. The van der Waals surface area contributed by atoms with Gasteiger partial charge in [-0.3, -0.25) is 0 Å². The van der Waals surface area contributed by atoms with Crippen molar-refractivity contribution in [2.75, 3.05) is 27.7 Å². The molecule has 0 spiro atoms. The van der Waals surface area contributed by atoms with Crippen molar-refractivity contribution in [2.24, 2.45) is 0 Å². The molecule has 0 saturated heterocycles. The first-order valence-electron chi connectivity index (χ1n) is 5.25. The van der Waals surface area contributed by atoms with E-state index in [1.165, 1.54) is 0 Å². The van der Waals surface area contributed by atoms with Crippen molar-refractivity contribution in [3.05, 3.63) is 35.9 Å². The second-order valence-electron chi connectivity index (χ2n) is 4.95. The van der Waals surface area contributed by atoms with Crippen molar-refractivity contribution < 1.29 is 13.9 Å². The van der Waals surface area contributed by atoms with Gasteiger partial charge in [0.25, 0.3) is 0 Å². The Labute approximate surface area is 113 Å². The van der Waals surface area contributed by atoms with Crippen LogP contribution in [-0.4, -0.2) is 32.2 Å². The lowest BCUT2D eigenvalue weighted by Crippen LogP contribution is -2.39. The minimum absolute atomic E-state index is 0.294. The van der Waals surface area contributed by atoms with Crippen LogP contribution < -0.4 is 4.89 Å². The fourth-order valence-corrected chi connectivity index (χ4v) is 2.69. The van der Waals surface area contributed by atoms with Gasteiger partial charge in [0.1, 0.15) is 12.6 Å². The highest BCUT2D eigenvalue weighted by Gasteiger charge is 2.22. The molecule has 2 unspecified atom stereocenters. The fraction of sp³-hybridized carbons (Fsp3) is 0.455. The summed E-state index contributed by atoms with van der Waals surface area (Å²) in [5, 5.41) is 0. The van der Waals surface area contributed by atoms with Crippen LogP contribution in [0.4, 0.5) is 0 Å². The van der Waals surface area contributed by atoms with Crippen molar-refractivity contribution in [3.63, 3.8) is 0 Å². The molecule has 0 bridgehead atoms. The molecule has 0 amide bonds. The largest absolute Gasteiger partial charge is 0.793 e. The Kier molecular flexibility index (Phi) is 5.20. The van der Waals surface area contributed by atoms with Crippen LogP contribution in [0, 0.1) is 0 Å². The Morgan fingerprint density at radius 2 is 1.88 bits per heavy atom. The summed E-state index contributed by atoms with van der Waals surface area (Å²) in [5.41, 5.74) is -2.23. The summed E-state index contributed by atoms with van der Waals surface area (Å²) in [6.45, 7) is 0.686. The standard InChI is InChI=1S/C11H18NO2PS2/c1-12(2,3)9-11(14-15(13,16)17)10-7-5-4-6-8-10/h4-8,11H,9H2,1-3H3,(H-,13,16,17). The molecule has 17 heavy (non-hydrogen) atoms. The summed E-state index contributed by atoms with van der Waals surface area (Å²) in [6, 6.07) is 9.67. The van der Waals surface area contributed by atoms with E-state index in [-0.39, 0.29) is 6.10 Å². The number of nitrogens with zero attached hydrogens (tertiary/aromatic N) is 1. The molecule has 0 radical (unpaired) electrons. The number of likely N-dealkylation sites (N-methyl/N-ethyl adjacent to an activating group) is 1. The Balaban J connectivity index is 2.91. The van der Waals surface area contributed by atoms with E-state index in [2.05, 4.69) is 12.2 Å². The lowest BCUT2D eigenvalue weighted by molar-refractivity contribution is -0.874. The van der Waals surface area contributed by atoms with Crippen molar-refractivity contribution in [3.8, 4) is 0 Å². The quantitative estimate of drug-likeness (QED) is 0.511. The van der Waals surface area contributed by atoms with Gasteiger partial charge in [-0.25, -0.2) is 0 Å². The Bertz CT molecular complexity index is 400. The second kappa shape index (κ2) is 5.83. The highest BCUT2D eigenvalue weighted by Crippen LogP contribution is 2.47. The van der Waals surface area contributed by atoms with Gasteiger partial charge in [0, 0.05) is 5.69 Å². The molecular weight excluding hydrogens is 273 g/mol. The Hall–Kier alpha value is 0.100. The molecular formula is C11H18NO2PS2. The van der Waals surface area contributed by atoms with Gasteiger partial charge in [0.15, 0.2) is 0 Å². The number of rotatable bonds is 5. The minimum Gasteiger partial charge on any atom is -0.793 e. The molecule has 0 aliphatic carbocycles. The summed E-state index contributed by atoms with van der Waals surface area (Å²) in [4.78, 5) is 11.5. The third kappa shape index (κ3) is 6.55. The maximum atomic E-state index is 11.5. The summed E-state index contributed by atoms with van der Waals surface area (Å²) in [5.74, 6) is 0. The molecule has 0 aliphatic heterocycles. The third-order valence-corrected chi connectivity index (χ3v) is 3.21. The lowest BCUT2D eigenvalue weighted by atomic mass is 10.1. The van der Waals surface area contributed by atoms with E-state index in [1.54, 1.807) is 0 Å². The van der Waals surface area contributed by atoms with Gasteiger partial charge in [0.05, 0.1) is 21.1 Å². The van der Waals surface area contributed by atoms with Crippen LogP contribution in [-0.2, 0) is 16.3 Å². The van der Waals surface area contributed by atoms with Crippen LogP contribution in [0.2, 0.25) is 0 Å². The van der Waals surface area contributed by atoms with Crippen molar-refractivity contribution >= 4 is 29.7 Å². The van der Waals surface area contributed by atoms with Crippen molar-refractivity contribution in [1.29, 1.82) is 0 Å². The van der Waals surface area contributed by atoms with Crippen LogP contribution in [0.1, 0.15) is 11.7 Å². The zero-order valence-electron chi connectivity index (χ0n) is 10.2. The van der Waals surface area contributed by atoms with Crippen LogP contribution in [0.25, 0.3) is 0 Å². The fourth-order valence-electron chi connectivity index (χ4n) is 1.53. The van der Waals surface area contributed by atoms with Gasteiger partial charge < -0.3 is 13.9 Å². The first kappa shape index (κ1) is 15.2. The van der Waals surface area contributed by atoms with E-state index >= 15 is 0 Å². The van der Waals surface area contributed by atoms with Crippen LogP contribution in [0.3, 0.4) is 0 Å². The predicted octanol–water partition coefficient (Wildman–Crippen LogP) is 1.97. The molecule has 2 atom stereocenters. The van der Waals surface area contributed by atoms with Gasteiger partial charge in [-0.15, -0.1) is 12.2 Å². The second-order valence-corrected chi connectivity index (χ2v) is 9.93. The maximum absolute atomic E-state index is 11.5. The smallest absolute Gasteiger partial charge is 0.136 e. The van der Waals surface area contributed by atoms with E-state index in [0.29, 0.717) is 11.0 Å². The van der Waals surface area contributed by atoms with Crippen molar-refractivity contribution in [1.82, 2.24) is 0 Å². The average molecular weight is 291 g/mol. The highest BCUT2D eigenvalue weighted by molar-refractivity contribution is 8.59. The van der Waals surface area contributed by atoms with E-state index < -0.39 is 5.69 Å². The van der Waals surface area contributed by atoms with Gasteiger partial charge >= 0.3 is 0 Å². The van der Waals surface area contributed by atoms with Gasteiger partial charge in [-0.2, -0.15) is 0 Å². The molecule has 96 valence electrons. The maximum Gasteiger partial charge on any atom is 0.136 e. The Morgan fingerprint density at radius 1 is 1.35 bits per heavy atom. The first-order chi connectivity index (χ1) is 7.67. The molecule has 0 fully saturated rings. The van der Waals surface area contributed by atoms with Crippen molar-refractivity contribution in [2.45, 2.75) is 6.10 Å². The summed E-state index contributed by atoms with van der Waals surface area (Å²) >= 11 is 8.58. The zero-order valence-corrected chi connectivity index (χ0v) is 12.8. The summed E-state index contributed by atoms with van der Waals surface area (Å²) < 4.78 is 6.12. The molecule has 6 heteroatoms. The molecule has 1 aromatic rings. The number of hydrogen-bond acceptors (Lipinski definition) is 3. The first-order valence-corrected chi connectivity index (χ1v) is 9.04. The minimum atomic E-state index is -3.21. The summed E-state index contributed by atoms with van der Waals surface area (Å²) in [6.07, 6.45) is -0.294. The molecule has 1 rings (SSSR count). The SMILES string of the molecule is C[N+](C)(C)CC(OP([O-])(=S)S)c1ccccc1. The molecule has 0 N–H and O–H groups in total. The average Bonchev–Trinajstić information content (AvgIpc) is 2.14. The monoisotopic (exact) mass is 291 g/mol. The van der Waals surface area contributed by atoms with Crippen LogP contribution in [0.5, 0.6) is 0 Å². The van der Waals surface area contributed by atoms with Crippen LogP contribution in [0.15, 0.2) is 30.3 Å². The molecule has 3 nitrogen and oxygen atoms in total. The van der Waals surface area contributed by atoms with E-state index in [4.69, 9.17) is 16.3 Å². The van der Waals surface area contributed by atoms with E-state index in [9.17, 15) is 4.89 Å².